The summed E-state index contributed by atoms with van der Waals surface area (Å²) >= 11 is 1.60. The Bertz CT molecular complexity index is 235. The number of amides is 2. The molecule has 0 saturated carbocycles. The minimum atomic E-state index is -0.147. The number of carbonyl (C=O) groups is 1. The van der Waals surface area contributed by atoms with Crippen molar-refractivity contribution in [3.05, 3.63) is 16.6 Å². The molecule has 2 amide bonds. The first kappa shape index (κ1) is 8.99. The Labute approximate surface area is 75.0 Å². The number of rotatable bonds is 3. The number of aromatic nitrogens is 1. The lowest BCUT2D eigenvalue weighted by atomic mass is 10.4. The normalized spacial score (nSPS) is 9.42. The van der Waals surface area contributed by atoms with E-state index in [0.717, 1.165) is 11.4 Å². The molecular formula is C7H11N3OS. The van der Waals surface area contributed by atoms with Crippen LogP contribution in [0.4, 0.5) is 4.79 Å². The highest BCUT2D eigenvalue weighted by Crippen LogP contribution is 2.03. The summed E-state index contributed by atoms with van der Waals surface area (Å²) in [6, 6.07) is -0.147. The standard InChI is InChI=1S/C7H11N3OS/c1-8-7(11)10-3-2-6-9-4-5-12-6/h4-5H,2-3H2,1H3,(H2,8,10,11). The first-order valence-electron chi connectivity index (χ1n) is 3.67. The molecular weight excluding hydrogens is 174 g/mol. The van der Waals surface area contributed by atoms with Crippen LogP contribution in [0.5, 0.6) is 0 Å². The van der Waals surface area contributed by atoms with E-state index in [1.807, 2.05) is 5.38 Å². The highest BCUT2D eigenvalue weighted by atomic mass is 32.1. The van der Waals surface area contributed by atoms with E-state index in [1.54, 1.807) is 24.6 Å². The Kier molecular flexibility index (Phi) is 3.53. The summed E-state index contributed by atoms with van der Waals surface area (Å²) in [5, 5.41) is 8.14. The number of nitrogens with one attached hydrogen (secondary N) is 2. The van der Waals surface area contributed by atoms with Crippen molar-refractivity contribution in [2.75, 3.05) is 13.6 Å². The van der Waals surface area contributed by atoms with Crippen LogP contribution < -0.4 is 10.6 Å². The number of hydrogen-bond acceptors (Lipinski definition) is 3. The van der Waals surface area contributed by atoms with Gasteiger partial charge in [-0.15, -0.1) is 11.3 Å². The molecule has 0 aliphatic carbocycles. The third-order valence-electron chi connectivity index (χ3n) is 1.33. The molecule has 1 aromatic rings. The van der Waals surface area contributed by atoms with Crippen molar-refractivity contribution in [1.29, 1.82) is 0 Å². The number of urea groups is 1. The molecule has 0 atom stereocenters. The molecule has 0 aliphatic rings. The Morgan fingerprint density at radius 3 is 3.17 bits per heavy atom. The summed E-state index contributed by atoms with van der Waals surface area (Å²) in [5.74, 6) is 0. The van der Waals surface area contributed by atoms with Crippen LogP contribution in [0.2, 0.25) is 0 Å². The zero-order valence-corrected chi connectivity index (χ0v) is 7.65. The van der Waals surface area contributed by atoms with Gasteiger partial charge in [0.2, 0.25) is 0 Å². The van der Waals surface area contributed by atoms with Crippen LogP contribution in [0.1, 0.15) is 5.01 Å². The molecule has 1 rings (SSSR count). The van der Waals surface area contributed by atoms with Crippen molar-refractivity contribution < 1.29 is 4.79 Å². The fourth-order valence-electron chi connectivity index (χ4n) is 0.748. The average Bonchev–Trinajstić information content (AvgIpc) is 2.57. The smallest absolute Gasteiger partial charge is 0.314 e. The van der Waals surface area contributed by atoms with Crippen molar-refractivity contribution in [3.8, 4) is 0 Å². The molecule has 5 heteroatoms. The van der Waals surface area contributed by atoms with Gasteiger partial charge in [0.15, 0.2) is 0 Å². The van der Waals surface area contributed by atoms with Crippen LogP contribution in [0.15, 0.2) is 11.6 Å². The maximum Gasteiger partial charge on any atom is 0.314 e. The topological polar surface area (TPSA) is 54.0 Å². The van der Waals surface area contributed by atoms with Gasteiger partial charge in [-0.3, -0.25) is 0 Å². The highest BCUT2D eigenvalue weighted by molar-refractivity contribution is 7.09. The zero-order chi connectivity index (χ0) is 8.81. The quantitative estimate of drug-likeness (QED) is 0.725. The molecule has 1 heterocycles. The van der Waals surface area contributed by atoms with Gasteiger partial charge in [0, 0.05) is 31.6 Å². The van der Waals surface area contributed by atoms with Crippen molar-refractivity contribution in [2.24, 2.45) is 0 Å². The lowest BCUT2D eigenvalue weighted by molar-refractivity contribution is 0.243. The van der Waals surface area contributed by atoms with Gasteiger partial charge in [-0.1, -0.05) is 0 Å². The molecule has 0 aromatic carbocycles. The molecule has 4 nitrogen and oxygen atoms in total. The molecule has 1 aromatic heterocycles. The van der Waals surface area contributed by atoms with Crippen molar-refractivity contribution in [2.45, 2.75) is 6.42 Å². The van der Waals surface area contributed by atoms with E-state index < -0.39 is 0 Å². The van der Waals surface area contributed by atoms with Gasteiger partial charge in [0.25, 0.3) is 0 Å². The maximum absolute atomic E-state index is 10.7. The maximum atomic E-state index is 10.7. The fourth-order valence-corrected chi connectivity index (χ4v) is 1.37. The second-order valence-corrected chi connectivity index (χ2v) is 3.16. The summed E-state index contributed by atoms with van der Waals surface area (Å²) in [6.07, 6.45) is 2.56. The van der Waals surface area contributed by atoms with Crippen molar-refractivity contribution in [3.63, 3.8) is 0 Å². The van der Waals surface area contributed by atoms with Crippen LogP contribution >= 0.6 is 11.3 Å². The van der Waals surface area contributed by atoms with E-state index in [0.29, 0.717) is 6.54 Å². The van der Waals surface area contributed by atoms with Gasteiger partial charge in [-0.05, 0) is 0 Å². The number of nitrogens with zero attached hydrogens (tertiary/aromatic N) is 1. The van der Waals surface area contributed by atoms with E-state index in [9.17, 15) is 4.79 Å². The Morgan fingerprint density at radius 2 is 2.58 bits per heavy atom. The number of thiazole rings is 1. The second-order valence-electron chi connectivity index (χ2n) is 2.18. The second kappa shape index (κ2) is 4.71. The minimum Gasteiger partial charge on any atom is -0.341 e. The van der Waals surface area contributed by atoms with E-state index >= 15 is 0 Å². The van der Waals surface area contributed by atoms with E-state index in [2.05, 4.69) is 15.6 Å². The molecule has 0 spiro atoms. The summed E-state index contributed by atoms with van der Waals surface area (Å²) < 4.78 is 0. The molecule has 66 valence electrons. The lowest BCUT2D eigenvalue weighted by Crippen LogP contribution is -2.33. The monoisotopic (exact) mass is 185 g/mol. The van der Waals surface area contributed by atoms with E-state index in [-0.39, 0.29) is 6.03 Å². The van der Waals surface area contributed by atoms with Crippen LogP contribution in [0.3, 0.4) is 0 Å². The summed E-state index contributed by atoms with van der Waals surface area (Å²) in [6.45, 7) is 0.632. The molecule has 0 bridgehead atoms. The highest BCUT2D eigenvalue weighted by Gasteiger charge is 1.97. The van der Waals surface area contributed by atoms with Gasteiger partial charge >= 0.3 is 6.03 Å². The van der Waals surface area contributed by atoms with Gasteiger partial charge in [0.05, 0.1) is 5.01 Å². The number of hydrogen-bond donors (Lipinski definition) is 2. The predicted molar refractivity (Wildman–Crippen MR) is 48.3 cm³/mol. The first-order chi connectivity index (χ1) is 5.83. The molecule has 0 saturated heterocycles. The molecule has 0 fully saturated rings. The third kappa shape index (κ3) is 2.87. The molecule has 0 radical (unpaired) electrons. The van der Waals surface area contributed by atoms with Crippen LogP contribution in [0.25, 0.3) is 0 Å². The SMILES string of the molecule is CNC(=O)NCCc1nccs1. The summed E-state index contributed by atoms with van der Waals surface area (Å²) in [5.41, 5.74) is 0. The molecule has 12 heavy (non-hydrogen) atoms. The Morgan fingerprint density at radius 1 is 1.75 bits per heavy atom. The average molecular weight is 185 g/mol. The van der Waals surface area contributed by atoms with Crippen molar-refractivity contribution >= 4 is 17.4 Å². The Hall–Kier alpha value is -1.10. The van der Waals surface area contributed by atoms with Crippen LogP contribution in [-0.4, -0.2) is 24.6 Å². The molecule has 0 unspecified atom stereocenters. The largest absolute Gasteiger partial charge is 0.341 e. The summed E-state index contributed by atoms with van der Waals surface area (Å²) in [4.78, 5) is 14.8. The van der Waals surface area contributed by atoms with Crippen LogP contribution in [0, 0.1) is 0 Å². The first-order valence-corrected chi connectivity index (χ1v) is 4.55. The van der Waals surface area contributed by atoms with Gasteiger partial charge < -0.3 is 10.6 Å². The molecule has 2 N–H and O–H groups in total. The Balaban J connectivity index is 2.15. The summed E-state index contributed by atoms with van der Waals surface area (Å²) in [7, 11) is 1.60. The van der Waals surface area contributed by atoms with Gasteiger partial charge in [-0.25, -0.2) is 9.78 Å². The van der Waals surface area contributed by atoms with E-state index in [4.69, 9.17) is 0 Å². The third-order valence-corrected chi connectivity index (χ3v) is 2.17. The zero-order valence-electron chi connectivity index (χ0n) is 6.83. The van der Waals surface area contributed by atoms with Gasteiger partial charge in [0.1, 0.15) is 0 Å². The fraction of sp³-hybridized carbons (Fsp3) is 0.429. The predicted octanol–water partition coefficient (Wildman–Crippen LogP) is 0.615. The molecule has 0 aliphatic heterocycles. The van der Waals surface area contributed by atoms with Crippen LogP contribution in [-0.2, 0) is 6.42 Å². The lowest BCUT2D eigenvalue weighted by Gasteiger charge is -2.01. The van der Waals surface area contributed by atoms with Gasteiger partial charge in [-0.2, -0.15) is 0 Å². The van der Waals surface area contributed by atoms with Crippen molar-refractivity contribution in [1.82, 2.24) is 15.6 Å². The van der Waals surface area contributed by atoms with E-state index in [1.165, 1.54) is 0 Å². The number of carbonyl (C=O) groups excluding carboxylic acids is 1. The minimum absolute atomic E-state index is 0.147.